The van der Waals surface area contributed by atoms with E-state index in [9.17, 15) is 0 Å². The van der Waals surface area contributed by atoms with Crippen molar-refractivity contribution in [2.75, 3.05) is 13.2 Å². The smallest absolute Gasteiger partial charge is 0.171 e. The maximum Gasteiger partial charge on any atom is 0.171 e. The van der Waals surface area contributed by atoms with Crippen LogP contribution in [0.4, 0.5) is 0 Å². The van der Waals surface area contributed by atoms with Crippen molar-refractivity contribution in [2.24, 2.45) is 0 Å². The highest BCUT2D eigenvalue weighted by Gasteiger charge is 2.31. The number of thiocarbonyl (C=S) groups is 1. The summed E-state index contributed by atoms with van der Waals surface area (Å²) in [6.07, 6.45) is 2.08. The van der Waals surface area contributed by atoms with Gasteiger partial charge in [-0.05, 0) is 53.7 Å². The van der Waals surface area contributed by atoms with Crippen molar-refractivity contribution in [3.05, 3.63) is 86.5 Å². The van der Waals surface area contributed by atoms with Gasteiger partial charge in [-0.2, -0.15) is 0 Å². The molecule has 2 aromatic carbocycles. The highest BCUT2D eigenvalue weighted by molar-refractivity contribution is 7.80. The van der Waals surface area contributed by atoms with Crippen LogP contribution in [0, 0.1) is 0 Å². The molecule has 0 radical (unpaired) electrons. The normalized spacial score (nSPS) is 21.2. The van der Waals surface area contributed by atoms with Crippen molar-refractivity contribution in [3.8, 4) is 0 Å². The first kappa shape index (κ1) is 17.6. The zero-order valence-electron chi connectivity index (χ0n) is 13.8. The number of nitrogens with one attached hydrogen (secondary N) is 2. The fourth-order valence-electron chi connectivity index (χ4n) is 3.26. The Morgan fingerprint density at radius 2 is 1.81 bits per heavy atom. The molecule has 0 bridgehead atoms. The zero-order valence-corrected chi connectivity index (χ0v) is 16.1. The van der Waals surface area contributed by atoms with E-state index in [4.69, 9.17) is 40.2 Å². The van der Waals surface area contributed by atoms with Crippen LogP contribution in [0.3, 0.4) is 0 Å². The lowest BCUT2D eigenvalue weighted by molar-refractivity contribution is 0.164. The second-order valence-electron chi connectivity index (χ2n) is 6.20. The molecule has 0 spiro atoms. The van der Waals surface area contributed by atoms with Crippen LogP contribution in [-0.2, 0) is 4.74 Å². The number of benzene rings is 2. The standard InChI is InChI=1S/C20H16Cl2N2OS/c21-15-5-1-3-12(8-15)7-14-10-25-11-17-18(23-20(26)24-19(14)17)13-4-2-6-16(22)9-13/h1-9,18H,10-11H2,(H2,23,24,26)/b14-7+. The first-order valence-corrected chi connectivity index (χ1v) is 9.37. The number of hydrogen-bond acceptors (Lipinski definition) is 2. The van der Waals surface area contributed by atoms with Crippen LogP contribution < -0.4 is 10.6 Å². The fourth-order valence-corrected chi connectivity index (χ4v) is 3.88. The van der Waals surface area contributed by atoms with Crippen LogP contribution in [-0.4, -0.2) is 18.3 Å². The SMILES string of the molecule is S=C1NC2=C(COC/C2=C\c2cccc(Cl)c2)C(c2cccc(Cl)c2)N1. The van der Waals surface area contributed by atoms with E-state index >= 15 is 0 Å². The summed E-state index contributed by atoms with van der Waals surface area (Å²) in [6.45, 7) is 1.05. The molecule has 2 N–H and O–H groups in total. The van der Waals surface area contributed by atoms with Gasteiger partial charge in [-0.25, -0.2) is 0 Å². The number of halogens is 2. The highest BCUT2D eigenvalue weighted by atomic mass is 35.5. The predicted octanol–water partition coefficient (Wildman–Crippen LogP) is 4.88. The van der Waals surface area contributed by atoms with Gasteiger partial charge in [0.25, 0.3) is 0 Å². The van der Waals surface area contributed by atoms with Gasteiger partial charge in [-0.3, -0.25) is 0 Å². The Kier molecular flexibility index (Phi) is 5.00. The Morgan fingerprint density at radius 1 is 1.04 bits per heavy atom. The number of hydrogen-bond donors (Lipinski definition) is 2. The van der Waals surface area contributed by atoms with E-state index in [2.05, 4.69) is 16.7 Å². The summed E-state index contributed by atoms with van der Waals surface area (Å²) in [5.74, 6) is 0. The van der Waals surface area contributed by atoms with Crippen LogP contribution in [0.2, 0.25) is 10.0 Å². The van der Waals surface area contributed by atoms with Gasteiger partial charge in [0.05, 0.1) is 19.3 Å². The molecule has 1 unspecified atom stereocenters. The topological polar surface area (TPSA) is 33.3 Å². The van der Waals surface area contributed by atoms with Gasteiger partial charge in [-0.1, -0.05) is 47.5 Å². The molecule has 4 rings (SSSR count). The molecule has 0 fully saturated rings. The third-order valence-electron chi connectivity index (χ3n) is 4.39. The van der Waals surface area contributed by atoms with E-state index < -0.39 is 0 Å². The average molecular weight is 403 g/mol. The maximum atomic E-state index is 6.18. The van der Waals surface area contributed by atoms with Gasteiger partial charge in [0, 0.05) is 26.9 Å². The van der Waals surface area contributed by atoms with Gasteiger partial charge >= 0.3 is 0 Å². The molecule has 132 valence electrons. The Hall–Kier alpha value is -1.85. The monoisotopic (exact) mass is 402 g/mol. The van der Waals surface area contributed by atoms with Crippen LogP contribution in [0.15, 0.2) is 65.4 Å². The molecule has 0 aliphatic carbocycles. The van der Waals surface area contributed by atoms with E-state index in [0.29, 0.717) is 28.4 Å². The molecule has 2 aliphatic rings. The van der Waals surface area contributed by atoms with Gasteiger partial charge in [0.2, 0.25) is 0 Å². The molecule has 2 heterocycles. The van der Waals surface area contributed by atoms with Crippen molar-refractivity contribution in [3.63, 3.8) is 0 Å². The Bertz CT molecular complexity index is 939. The van der Waals surface area contributed by atoms with Gasteiger partial charge < -0.3 is 15.4 Å². The van der Waals surface area contributed by atoms with Gasteiger partial charge in [0.15, 0.2) is 5.11 Å². The van der Waals surface area contributed by atoms with E-state index in [1.54, 1.807) is 0 Å². The van der Waals surface area contributed by atoms with E-state index in [1.165, 1.54) is 0 Å². The molecule has 2 aromatic rings. The summed E-state index contributed by atoms with van der Waals surface area (Å²) in [7, 11) is 0. The lowest BCUT2D eigenvalue weighted by atomic mass is 9.91. The van der Waals surface area contributed by atoms with Crippen LogP contribution in [0.25, 0.3) is 6.08 Å². The minimum Gasteiger partial charge on any atom is -0.372 e. The minimum absolute atomic E-state index is 0.0690. The summed E-state index contributed by atoms with van der Waals surface area (Å²) >= 11 is 17.7. The van der Waals surface area contributed by atoms with Crippen molar-refractivity contribution in [1.29, 1.82) is 0 Å². The first-order chi connectivity index (χ1) is 12.6. The molecule has 6 heteroatoms. The van der Waals surface area contributed by atoms with Crippen molar-refractivity contribution in [1.82, 2.24) is 10.6 Å². The van der Waals surface area contributed by atoms with Crippen LogP contribution in [0.5, 0.6) is 0 Å². The van der Waals surface area contributed by atoms with Crippen molar-refractivity contribution < 1.29 is 4.74 Å². The van der Waals surface area contributed by atoms with Crippen molar-refractivity contribution in [2.45, 2.75) is 6.04 Å². The quantitative estimate of drug-likeness (QED) is 0.701. The number of rotatable bonds is 2. The summed E-state index contributed by atoms with van der Waals surface area (Å²) < 4.78 is 5.86. The lowest BCUT2D eigenvalue weighted by Crippen LogP contribution is -2.46. The second kappa shape index (κ2) is 7.41. The molecule has 2 aliphatic heterocycles. The third kappa shape index (κ3) is 3.64. The largest absolute Gasteiger partial charge is 0.372 e. The molecule has 3 nitrogen and oxygen atoms in total. The third-order valence-corrected chi connectivity index (χ3v) is 5.08. The fraction of sp³-hybridized carbons (Fsp3) is 0.150. The Morgan fingerprint density at radius 3 is 2.58 bits per heavy atom. The summed E-state index contributed by atoms with van der Waals surface area (Å²) in [5, 5.41) is 8.62. The maximum absolute atomic E-state index is 6.18. The minimum atomic E-state index is -0.0690. The summed E-state index contributed by atoms with van der Waals surface area (Å²) in [5.41, 5.74) is 5.26. The number of ether oxygens (including phenoxy) is 1. The highest BCUT2D eigenvalue weighted by Crippen LogP contribution is 2.34. The first-order valence-electron chi connectivity index (χ1n) is 8.20. The van der Waals surface area contributed by atoms with Crippen LogP contribution in [0.1, 0.15) is 17.2 Å². The Labute approximate surface area is 167 Å². The van der Waals surface area contributed by atoms with E-state index in [1.807, 2.05) is 48.5 Å². The Balaban J connectivity index is 1.78. The predicted molar refractivity (Wildman–Crippen MR) is 110 cm³/mol. The molecule has 1 atom stereocenters. The van der Waals surface area contributed by atoms with Crippen molar-refractivity contribution >= 4 is 46.6 Å². The molecule has 0 saturated carbocycles. The average Bonchev–Trinajstić information content (AvgIpc) is 2.62. The molecular weight excluding hydrogens is 387 g/mol. The molecule has 26 heavy (non-hydrogen) atoms. The molecule has 0 aromatic heterocycles. The van der Waals surface area contributed by atoms with E-state index in [0.717, 1.165) is 28.0 Å². The lowest BCUT2D eigenvalue weighted by Gasteiger charge is -2.36. The molecule has 0 amide bonds. The van der Waals surface area contributed by atoms with Gasteiger partial charge in [-0.15, -0.1) is 0 Å². The summed E-state index contributed by atoms with van der Waals surface area (Å²) in [4.78, 5) is 0. The van der Waals surface area contributed by atoms with Crippen LogP contribution >= 0.6 is 35.4 Å². The zero-order chi connectivity index (χ0) is 18.1. The second-order valence-corrected chi connectivity index (χ2v) is 7.49. The van der Waals surface area contributed by atoms with E-state index in [-0.39, 0.29) is 6.04 Å². The molecular formula is C20H16Cl2N2OS. The molecule has 0 saturated heterocycles. The summed E-state index contributed by atoms with van der Waals surface area (Å²) in [6, 6.07) is 15.5. The van der Waals surface area contributed by atoms with Gasteiger partial charge in [0.1, 0.15) is 0 Å².